The summed E-state index contributed by atoms with van der Waals surface area (Å²) in [5.41, 5.74) is 2.23. The molecule has 4 nitrogen and oxygen atoms in total. The highest BCUT2D eigenvalue weighted by Gasteiger charge is 2.05. The van der Waals surface area contributed by atoms with E-state index in [-0.39, 0.29) is 0 Å². The van der Waals surface area contributed by atoms with E-state index in [9.17, 15) is 0 Å². The first-order chi connectivity index (χ1) is 8.83. The lowest BCUT2D eigenvalue weighted by Gasteiger charge is -2.12. The highest BCUT2D eigenvalue weighted by molar-refractivity contribution is 5.54. The number of nitrogens with one attached hydrogen (secondary N) is 2. The Morgan fingerprint density at radius 1 is 1.22 bits per heavy atom. The largest absolute Gasteiger partial charge is 0.493 e. The van der Waals surface area contributed by atoms with Gasteiger partial charge in [-0.3, -0.25) is 0 Å². The van der Waals surface area contributed by atoms with Crippen molar-refractivity contribution in [2.75, 3.05) is 19.0 Å². The van der Waals surface area contributed by atoms with E-state index in [1.54, 1.807) is 7.11 Å². The average molecular weight is 246 g/mol. The van der Waals surface area contributed by atoms with E-state index in [1.807, 2.05) is 43.6 Å². The third kappa shape index (κ3) is 2.97. The third-order valence-corrected chi connectivity index (χ3v) is 2.62. The van der Waals surface area contributed by atoms with Crippen LogP contribution in [-0.4, -0.2) is 18.7 Å². The zero-order valence-corrected chi connectivity index (χ0v) is 10.7. The molecule has 0 aliphatic heterocycles. The molecule has 4 heteroatoms. The summed E-state index contributed by atoms with van der Waals surface area (Å²) in [7, 11) is 1.64. The molecule has 1 aromatic heterocycles. The number of benzene rings is 1. The smallest absolute Gasteiger partial charge is 0.163 e. The fraction of sp³-hybridized carbons (Fsp3) is 0.286. The van der Waals surface area contributed by atoms with Gasteiger partial charge in [-0.25, -0.2) is 0 Å². The van der Waals surface area contributed by atoms with E-state index in [0.717, 1.165) is 23.7 Å². The molecule has 0 unspecified atom stereocenters. The van der Waals surface area contributed by atoms with Gasteiger partial charge in [0.05, 0.1) is 13.7 Å². The van der Waals surface area contributed by atoms with Gasteiger partial charge in [-0.1, -0.05) is 0 Å². The molecule has 0 amide bonds. The van der Waals surface area contributed by atoms with Gasteiger partial charge in [0.1, 0.15) is 0 Å². The zero-order chi connectivity index (χ0) is 12.8. The van der Waals surface area contributed by atoms with Gasteiger partial charge in [0.2, 0.25) is 0 Å². The quantitative estimate of drug-likeness (QED) is 0.823. The maximum atomic E-state index is 5.53. The van der Waals surface area contributed by atoms with Gasteiger partial charge >= 0.3 is 0 Å². The summed E-state index contributed by atoms with van der Waals surface area (Å²) in [5, 5.41) is 3.34. The fourth-order valence-electron chi connectivity index (χ4n) is 1.73. The van der Waals surface area contributed by atoms with Crippen LogP contribution >= 0.6 is 0 Å². The summed E-state index contributed by atoms with van der Waals surface area (Å²) in [6.07, 6.45) is 3.89. The fourth-order valence-corrected chi connectivity index (χ4v) is 1.73. The first-order valence-electron chi connectivity index (χ1n) is 6.00. The maximum Gasteiger partial charge on any atom is 0.163 e. The van der Waals surface area contributed by atoms with Crippen molar-refractivity contribution in [2.24, 2.45) is 0 Å². The van der Waals surface area contributed by atoms with Crippen LogP contribution in [0.5, 0.6) is 11.5 Å². The summed E-state index contributed by atoms with van der Waals surface area (Å²) < 4.78 is 10.8. The van der Waals surface area contributed by atoms with Crippen LogP contribution in [0.15, 0.2) is 36.7 Å². The Morgan fingerprint density at radius 3 is 2.78 bits per heavy atom. The van der Waals surface area contributed by atoms with Crippen molar-refractivity contribution in [1.29, 1.82) is 0 Å². The van der Waals surface area contributed by atoms with Gasteiger partial charge in [0, 0.05) is 30.7 Å². The lowest BCUT2D eigenvalue weighted by molar-refractivity contribution is 0.311. The molecule has 2 aromatic rings. The lowest BCUT2D eigenvalue weighted by atomic mass is 10.2. The lowest BCUT2D eigenvalue weighted by Crippen LogP contribution is -2.00. The summed E-state index contributed by atoms with van der Waals surface area (Å²) in [5.74, 6) is 1.52. The predicted molar refractivity (Wildman–Crippen MR) is 72.3 cm³/mol. The van der Waals surface area contributed by atoms with Crippen molar-refractivity contribution < 1.29 is 9.47 Å². The number of hydrogen-bond donors (Lipinski definition) is 2. The van der Waals surface area contributed by atoms with Gasteiger partial charge < -0.3 is 19.8 Å². The molecule has 0 atom stereocenters. The minimum Gasteiger partial charge on any atom is -0.493 e. The van der Waals surface area contributed by atoms with Crippen LogP contribution in [0.3, 0.4) is 0 Å². The first kappa shape index (κ1) is 12.4. The monoisotopic (exact) mass is 246 g/mol. The Bertz CT molecular complexity index is 481. The number of methoxy groups -OCH3 is 1. The van der Waals surface area contributed by atoms with Gasteiger partial charge in [0.25, 0.3) is 0 Å². The number of rotatable bonds is 6. The topological polar surface area (TPSA) is 46.3 Å². The van der Waals surface area contributed by atoms with E-state index in [0.29, 0.717) is 6.61 Å². The van der Waals surface area contributed by atoms with E-state index in [4.69, 9.17) is 9.47 Å². The molecule has 0 spiro atoms. The standard InChI is InChI=1S/C14H18N2O2/c1-3-18-14-8-12(4-5-13(14)17-2)16-10-11-6-7-15-9-11/h4-9,15-16H,3,10H2,1-2H3. The van der Waals surface area contributed by atoms with Crippen LogP contribution in [0, 0.1) is 0 Å². The molecular formula is C14H18N2O2. The molecule has 0 aliphatic carbocycles. The van der Waals surface area contributed by atoms with Crippen LogP contribution < -0.4 is 14.8 Å². The molecule has 96 valence electrons. The van der Waals surface area contributed by atoms with Crippen LogP contribution in [0.1, 0.15) is 12.5 Å². The Hall–Kier alpha value is -2.10. The van der Waals surface area contributed by atoms with Crippen LogP contribution in [-0.2, 0) is 6.54 Å². The van der Waals surface area contributed by atoms with Crippen LogP contribution in [0.4, 0.5) is 5.69 Å². The second-order valence-electron chi connectivity index (χ2n) is 3.87. The van der Waals surface area contributed by atoms with Gasteiger partial charge in [0.15, 0.2) is 11.5 Å². The molecule has 2 rings (SSSR count). The minimum absolute atomic E-state index is 0.623. The molecule has 0 fully saturated rings. The molecule has 0 aliphatic rings. The number of anilines is 1. The van der Waals surface area contributed by atoms with Gasteiger partial charge in [-0.05, 0) is 30.7 Å². The van der Waals surface area contributed by atoms with Crippen molar-refractivity contribution >= 4 is 5.69 Å². The Morgan fingerprint density at radius 2 is 2.11 bits per heavy atom. The summed E-state index contributed by atoms with van der Waals surface area (Å²) in [6.45, 7) is 3.36. The number of aromatic nitrogens is 1. The normalized spacial score (nSPS) is 10.1. The molecule has 0 saturated carbocycles. The van der Waals surface area contributed by atoms with E-state index in [1.165, 1.54) is 5.56 Å². The molecule has 0 bridgehead atoms. The number of H-pyrrole nitrogens is 1. The van der Waals surface area contributed by atoms with Crippen LogP contribution in [0.2, 0.25) is 0 Å². The van der Waals surface area contributed by atoms with Crippen LogP contribution in [0.25, 0.3) is 0 Å². The summed E-state index contributed by atoms with van der Waals surface area (Å²) in [4.78, 5) is 3.03. The third-order valence-electron chi connectivity index (χ3n) is 2.62. The van der Waals surface area contributed by atoms with Crippen molar-refractivity contribution in [2.45, 2.75) is 13.5 Å². The predicted octanol–water partition coefficient (Wildman–Crippen LogP) is 3.03. The average Bonchev–Trinajstić information content (AvgIpc) is 2.90. The van der Waals surface area contributed by atoms with Gasteiger partial charge in [-0.2, -0.15) is 0 Å². The van der Waals surface area contributed by atoms with Crippen molar-refractivity contribution in [1.82, 2.24) is 4.98 Å². The maximum absolute atomic E-state index is 5.53. The first-order valence-corrected chi connectivity index (χ1v) is 6.00. The zero-order valence-electron chi connectivity index (χ0n) is 10.7. The molecule has 0 radical (unpaired) electrons. The van der Waals surface area contributed by atoms with Crippen molar-refractivity contribution in [3.63, 3.8) is 0 Å². The van der Waals surface area contributed by atoms with E-state index >= 15 is 0 Å². The van der Waals surface area contributed by atoms with Gasteiger partial charge in [-0.15, -0.1) is 0 Å². The summed E-state index contributed by atoms with van der Waals surface area (Å²) >= 11 is 0. The second-order valence-corrected chi connectivity index (χ2v) is 3.87. The molecule has 1 heterocycles. The Labute approximate surface area is 107 Å². The molecule has 2 N–H and O–H groups in total. The van der Waals surface area contributed by atoms with E-state index in [2.05, 4.69) is 10.3 Å². The minimum atomic E-state index is 0.623. The highest BCUT2D eigenvalue weighted by atomic mass is 16.5. The molecular weight excluding hydrogens is 228 g/mol. The Balaban J connectivity index is 2.06. The number of aromatic amines is 1. The highest BCUT2D eigenvalue weighted by Crippen LogP contribution is 2.30. The SMILES string of the molecule is CCOc1cc(NCc2cc[nH]c2)ccc1OC. The Kier molecular flexibility index (Phi) is 4.12. The summed E-state index contributed by atoms with van der Waals surface area (Å²) in [6, 6.07) is 7.88. The number of ether oxygens (including phenoxy) is 2. The number of hydrogen-bond acceptors (Lipinski definition) is 3. The molecule has 1 aromatic carbocycles. The van der Waals surface area contributed by atoms with Crippen molar-refractivity contribution in [3.8, 4) is 11.5 Å². The second kappa shape index (κ2) is 6.00. The molecule has 18 heavy (non-hydrogen) atoms. The van der Waals surface area contributed by atoms with E-state index < -0.39 is 0 Å². The van der Waals surface area contributed by atoms with Crippen molar-refractivity contribution in [3.05, 3.63) is 42.2 Å². The molecule has 0 saturated heterocycles.